The van der Waals surface area contributed by atoms with Gasteiger partial charge in [0.05, 0.1) is 0 Å². The van der Waals surface area contributed by atoms with Crippen LogP contribution in [0.15, 0.2) is 0 Å². The molecule has 7 heteroatoms. The summed E-state index contributed by atoms with van der Waals surface area (Å²) in [7, 11) is 0. The molecule has 22 heavy (non-hydrogen) atoms. The van der Waals surface area contributed by atoms with Crippen molar-refractivity contribution in [1.29, 1.82) is 0 Å². The van der Waals surface area contributed by atoms with E-state index in [1.165, 1.54) is 0 Å². The Morgan fingerprint density at radius 2 is 1.95 bits per heavy atom. The maximum absolute atomic E-state index is 12.0. The fourth-order valence-corrected chi connectivity index (χ4v) is 3.03. The Hall–Kier alpha value is -1.34. The van der Waals surface area contributed by atoms with E-state index in [0.717, 1.165) is 12.8 Å². The van der Waals surface area contributed by atoms with Crippen molar-refractivity contribution in [2.75, 3.05) is 26.3 Å². The molecule has 0 radical (unpaired) electrons. The van der Waals surface area contributed by atoms with Crippen LogP contribution in [0, 0.1) is 0 Å². The normalized spacial score (nSPS) is 27.6. The maximum atomic E-state index is 12.0. The standard InChI is InChI=1S/C15H26N2O5/c1-14(2,3)22-13(20)16-15(12(18)19)6-7-17(10-15)11-4-8-21-9-5-11/h11H,4-10H2,1-3H3,(H,16,20)(H,18,19). The summed E-state index contributed by atoms with van der Waals surface area (Å²) in [5.74, 6) is -1.01. The highest BCUT2D eigenvalue weighted by molar-refractivity contribution is 5.85. The molecule has 0 saturated carbocycles. The smallest absolute Gasteiger partial charge is 0.408 e. The first-order valence-corrected chi connectivity index (χ1v) is 7.78. The summed E-state index contributed by atoms with van der Waals surface area (Å²) in [5.41, 5.74) is -1.91. The number of carboxylic acids is 1. The van der Waals surface area contributed by atoms with Gasteiger partial charge in [-0.05, 0) is 40.0 Å². The number of ether oxygens (including phenoxy) is 2. The molecule has 7 nitrogen and oxygen atoms in total. The molecule has 2 aliphatic rings. The van der Waals surface area contributed by atoms with Gasteiger partial charge in [-0.25, -0.2) is 9.59 Å². The van der Waals surface area contributed by atoms with Gasteiger partial charge in [-0.3, -0.25) is 4.90 Å². The van der Waals surface area contributed by atoms with Crippen LogP contribution in [0.1, 0.15) is 40.0 Å². The number of likely N-dealkylation sites (tertiary alicyclic amines) is 1. The summed E-state index contributed by atoms with van der Waals surface area (Å²) < 4.78 is 10.5. The Labute approximate surface area is 130 Å². The summed E-state index contributed by atoms with van der Waals surface area (Å²) >= 11 is 0. The van der Waals surface area contributed by atoms with E-state index in [-0.39, 0.29) is 0 Å². The lowest BCUT2D eigenvalue weighted by molar-refractivity contribution is -0.144. The minimum Gasteiger partial charge on any atom is -0.479 e. The SMILES string of the molecule is CC(C)(C)OC(=O)NC1(C(=O)O)CCN(C2CCOCC2)C1. The molecule has 2 aliphatic heterocycles. The lowest BCUT2D eigenvalue weighted by atomic mass is 9.99. The highest BCUT2D eigenvalue weighted by Crippen LogP contribution is 2.27. The molecule has 2 saturated heterocycles. The number of alkyl carbamates (subject to hydrolysis) is 1. The molecule has 2 heterocycles. The molecule has 126 valence electrons. The number of hydrogen-bond donors (Lipinski definition) is 2. The van der Waals surface area contributed by atoms with Crippen molar-refractivity contribution in [2.45, 2.75) is 57.2 Å². The third-order valence-electron chi connectivity index (χ3n) is 4.16. The van der Waals surface area contributed by atoms with Crippen LogP contribution in [0.2, 0.25) is 0 Å². The van der Waals surface area contributed by atoms with Crippen molar-refractivity contribution in [3.63, 3.8) is 0 Å². The highest BCUT2D eigenvalue weighted by Gasteiger charge is 2.48. The minimum atomic E-state index is -1.26. The molecule has 0 aromatic carbocycles. The summed E-state index contributed by atoms with van der Waals surface area (Å²) in [6, 6.07) is 0.329. The van der Waals surface area contributed by atoms with E-state index in [9.17, 15) is 14.7 Å². The molecule has 0 spiro atoms. The van der Waals surface area contributed by atoms with E-state index in [4.69, 9.17) is 9.47 Å². The van der Waals surface area contributed by atoms with Gasteiger partial charge in [-0.1, -0.05) is 0 Å². The third-order valence-corrected chi connectivity index (χ3v) is 4.16. The van der Waals surface area contributed by atoms with Crippen LogP contribution in [0.4, 0.5) is 4.79 Å². The van der Waals surface area contributed by atoms with Gasteiger partial charge < -0.3 is 19.9 Å². The Kier molecular flexibility index (Phi) is 4.97. The van der Waals surface area contributed by atoms with E-state index in [0.29, 0.717) is 38.8 Å². The van der Waals surface area contributed by atoms with Crippen molar-refractivity contribution < 1.29 is 24.2 Å². The third kappa shape index (κ3) is 4.10. The highest BCUT2D eigenvalue weighted by atomic mass is 16.6. The largest absolute Gasteiger partial charge is 0.479 e. The van der Waals surface area contributed by atoms with Crippen molar-refractivity contribution in [2.24, 2.45) is 0 Å². The van der Waals surface area contributed by atoms with Gasteiger partial charge in [0, 0.05) is 32.3 Å². The minimum absolute atomic E-state index is 0.312. The van der Waals surface area contributed by atoms with Crippen LogP contribution in [0.3, 0.4) is 0 Å². The number of nitrogens with zero attached hydrogens (tertiary/aromatic N) is 1. The number of carbonyl (C=O) groups is 2. The van der Waals surface area contributed by atoms with Gasteiger partial charge in [0.15, 0.2) is 5.54 Å². The molecule has 2 N–H and O–H groups in total. The van der Waals surface area contributed by atoms with Crippen molar-refractivity contribution in [3.8, 4) is 0 Å². The van der Waals surface area contributed by atoms with Crippen LogP contribution in [0.5, 0.6) is 0 Å². The summed E-state index contributed by atoms with van der Waals surface area (Å²) in [5, 5.41) is 12.2. The lowest BCUT2D eigenvalue weighted by Crippen LogP contribution is -2.57. The maximum Gasteiger partial charge on any atom is 0.408 e. The Balaban J connectivity index is 2.01. The fourth-order valence-electron chi connectivity index (χ4n) is 3.03. The van der Waals surface area contributed by atoms with Gasteiger partial charge in [0.2, 0.25) is 0 Å². The Morgan fingerprint density at radius 1 is 1.32 bits per heavy atom. The molecule has 0 aromatic rings. The number of amides is 1. The molecule has 1 amide bonds. The average Bonchev–Trinajstić information content (AvgIpc) is 2.83. The second-order valence-corrected chi connectivity index (χ2v) is 7.08. The zero-order chi connectivity index (χ0) is 16.4. The van der Waals surface area contributed by atoms with Crippen LogP contribution in [-0.4, -0.2) is 65.6 Å². The van der Waals surface area contributed by atoms with Gasteiger partial charge in [-0.2, -0.15) is 0 Å². The van der Waals surface area contributed by atoms with Gasteiger partial charge in [0.25, 0.3) is 0 Å². The first-order chi connectivity index (χ1) is 10.2. The van der Waals surface area contributed by atoms with Gasteiger partial charge in [-0.15, -0.1) is 0 Å². The summed E-state index contributed by atoms with van der Waals surface area (Å²) in [6.45, 7) is 7.65. The van der Waals surface area contributed by atoms with E-state index in [2.05, 4.69) is 10.2 Å². The Morgan fingerprint density at radius 3 is 2.50 bits per heavy atom. The molecule has 0 bridgehead atoms. The number of nitrogens with one attached hydrogen (secondary N) is 1. The average molecular weight is 314 g/mol. The molecule has 1 atom stereocenters. The van der Waals surface area contributed by atoms with E-state index in [1.807, 2.05) is 0 Å². The number of carboxylic acid groups (broad SMARTS) is 1. The number of hydrogen-bond acceptors (Lipinski definition) is 5. The van der Waals surface area contributed by atoms with E-state index in [1.54, 1.807) is 20.8 Å². The van der Waals surface area contributed by atoms with Crippen molar-refractivity contribution in [1.82, 2.24) is 10.2 Å². The van der Waals surface area contributed by atoms with Gasteiger partial charge in [0.1, 0.15) is 5.60 Å². The molecule has 0 aromatic heterocycles. The second-order valence-electron chi connectivity index (χ2n) is 7.08. The summed E-state index contributed by atoms with van der Waals surface area (Å²) in [6.07, 6.45) is 1.52. The zero-order valence-electron chi connectivity index (χ0n) is 13.6. The monoisotopic (exact) mass is 314 g/mol. The van der Waals surface area contributed by atoms with Crippen molar-refractivity contribution >= 4 is 12.1 Å². The quantitative estimate of drug-likeness (QED) is 0.814. The van der Waals surface area contributed by atoms with Crippen LogP contribution in [0.25, 0.3) is 0 Å². The van der Waals surface area contributed by atoms with Crippen LogP contribution < -0.4 is 5.32 Å². The first-order valence-electron chi connectivity index (χ1n) is 7.78. The summed E-state index contributed by atoms with van der Waals surface area (Å²) in [4.78, 5) is 25.9. The molecule has 0 aliphatic carbocycles. The van der Waals surface area contributed by atoms with E-state index >= 15 is 0 Å². The van der Waals surface area contributed by atoms with Crippen LogP contribution in [-0.2, 0) is 14.3 Å². The molecular formula is C15H26N2O5. The van der Waals surface area contributed by atoms with Crippen molar-refractivity contribution in [3.05, 3.63) is 0 Å². The van der Waals surface area contributed by atoms with E-state index < -0.39 is 23.2 Å². The molecule has 2 fully saturated rings. The number of aliphatic carboxylic acids is 1. The molecule has 2 rings (SSSR count). The zero-order valence-corrected chi connectivity index (χ0v) is 13.6. The topological polar surface area (TPSA) is 88.1 Å². The fraction of sp³-hybridized carbons (Fsp3) is 0.867. The predicted octanol–water partition coefficient (Wildman–Crippen LogP) is 1.22. The predicted molar refractivity (Wildman–Crippen MR) is 79.8 cm³/mol. The first kappa shape index (κ1) is 17.0. The van der Waals surface area contributed by atoms with Crippen LogP contribution >= 0.6 is 0 Å². The number of carbonyl (C=O) groups excluding carboxylic acids is 1. The Bertz CT molecular complexity index is 428. The number of rotatable bonds is 3. The molecular weight excluding hydrogens is 288 g/mol. The lowest BCUT2D eigenvalue weighted by Gasteiger charge is -2.33. The molecule has 1 unspecified atom stereocenters. The second kappa shape index (κ2) is 6.42. The van der Waals surface area contributed by atoms with Gasteiger partial charge >= 0.3 is 12.1 Å².